The molecule has 1 aromatic rings. The number of hydrogen-bond donors (Lipinski definition) is 2. The molecule has 0 aliphatic carbocycles. The molecule has 0 saturated carbocycles. The molecule has 1 saturated heterocycles. The molecule has 1 heterocycles. The SMILES string of the molecule is O=C(O)COc1cccc(CNC(=O)[C@@H]2CC(=O)N(CC(F)(F)F)C2)c1. The molecule has 1 aliphatic rings. The van der Waals surface area contributed by atoms with E-state index in [-0.39, 0.29) is 19.5 Å². The summed E-state index contributed by atoms with van der Waals surface area (Å²) >= 11 is 0. The minimum absolute atomic E-state index is 0.0765. The van der Waals surface area contributed by atoms with Crippen molar-refractivity contribution in [3.63, 3.8) is 0 Å². The summed E-state index contributed by atoms with van der Waals surface area (Å²) in [6.07, 6.45) is -4.76. The van der Waals surface area contributed by atoms with Crippen LogP contribution in [0.25, 0.3) is 0 Å². The number of nitrogens with one attached hydrogen (secondary N) is 1. The number of likely N-dealkylation sites (tertiary alicyclic amines) is 1. The molecule has 0 unspecified atom stereocenters. The molecule has 26 heavy (non-hydrogen) atoms. The van der Waals surface area contributed by atoms with Gasteiger partial charge in [-0.25, -0.2) is 4.79 Å². The van der Waals surface area contributed by atoms with E-state index < -0.39 is 43.0 Å². The summed E-state index contributed by atoms with van der Waals surface area (Å²) in [6, 6.07) is 6.38. The number of halogens is 3. The number of carbonyl (C=O) groups excluding carboxylic acids is 2. The lowest BCUT2D eigenvalue weighted by Gasteiger charge is -2.18. The first-order chi connectivity index (χ1) is 12.1. The fraction of sp³-hybridized carbons (Fsp3) is 0.438. The quantitative estimate of drug-likeness (QED) is 0.747. The average molecular weight is 374 g/mol. The van der Waals surface area contributed by atoms with Crippen molar-refractivity contribution in [2.24, 2.45) is 5.92 Å². The van der Waals surface area contributed by atoms with Gasteiger partial charge in [0.2, 0.25) is 11.8 Å². The first-order valence-corrected chi connectivity index (χ1v) is 7.70. The van der Waals surface area contributed by atoms with Gasteiger partial charge in [0.05, 0.1) is 5.92 Å². The molecule has 0 spiro atoms. The number of carboxylic acid groups (broad SMARTS) is 1. The largest absolute Gasteiger partial charge is 0.482 e. The van der Waals surface area contributed by atoms with Crippen molar-refractivity contribution in [1.82, 2.24) is 10.2 Å². The molecule has 2 amide bonds. The van der Waals surface area contributed by atoms with Crippen LogP contribution in [0.3, 0.4) is 0 Å². The second-order valence-corrected chi connectivity index (χ2v) is 5.84. The molecule has 1 fully saturated rings. The van der Waals surface area contributed by atoms with Gasteiger partial charge in [0, 0.05) is 19.5 Å². The minimum atomic E-state index is -4.50. The van der Waals surface area contributed by atoms with Crippen molar-refractivity contribution >= 4 is 17.8 Å². The Morgan fingerprint density at radius 1 is 1.35 bits per heavy atom. The molecular weight excluding hydrogens is 357 g/mol. The summed E-state index contributed by atoms with van der Waals surface area (Å²) in [4.78, 5) is 34.8. The van der Waals surface area contributed by atoms with Gasteiger partial charge in [-0.1, -0.05) is 12.1 Å². The van der Waals surface area contributed by atoms with Crippen molar-refractivity contribution in [2.75, 3.05) is 19.7 Å². The Balaban J connectivity index is 1.86. The molecule has 1 aliphatic heterocycles. The number of aliphatic carboxylic acids is 1. The summed E-state index contributed by atoms with van der Waals surface area (Å²) < 4.78 is 42.2. The molecule has 1 aromatic carbocycles. The predicted octanol–water partition coefficient (Wildman–Crippen LogP) is 1.18. The number of carboxylic acids is 1. The van der Waals surface area contributed by atoms with E-state index in [1.165, 1.54) is 0 Å². The fourth-order valence-electron chi connectivity index (χ4n) is 2.54. The molecule has 1 atom stereocenters. The van der Waals surface area contributed by atoms with Gasteiger partial charge in [0.15, 0.2) is 6.61 Å². The monoisotopic (exact) mass is 374 g/mol. The molecule has 7 nitrogen and oxygen atoms in total. The molecule has 10 heteroatoms. The number of amides is 2. The summed E-state index contributed by atoms with van der Waals surface area (Å²) in [6.45, 7) is -2.06. The van der Waals surface area contributed by atoms with Gasteiger partial charge in [-0.15, -0.1) is 0 Å². The van der Waals surface area contributed by atoms with Crippen LogP contribution in [0.1, 0.15) is 12.0 Å². The third-order valence-electron chi connectivity index (χ3n) is 3.68. The van der Waals surface area contributed by atoms with Crippen molar-refractivity contribution < 1.29 is 37.4 Å². The minimum Gasteiger partial charge on any atom is -0.482 e. The highest BCUT2D eigenvalue weighted by molar-refractivity contribution is 5.89. The van der Waals surface area contributed by atoms with Crippen LogP contribution in [0, 0.1) is 5.92 Å². The highest BCUT2D eigenvalue weighted by Gasteiger charge is 2.40. The van der Waals surface area contributed by atoms with Gasteiger partial charge in [-0.2, -0.15) is 13.2 Å². The summed E-state index contributed by atoms with van der Waals surface area (Å²) in [7, 11) is 0. The maximum atomic E-state index is 12.4. The van der Waals surface area contributed by atoms with E-state index >= 15 is 0 Å². The number of ether oxygens (including phenoxy) is 1. The van der Waals surface area contributed by atoms with Crippen LogP contribution < -0.4 is 10.1 Å². The number of carbonyl (C=O) groups is 3. The lowest BCUT2D eigenvalue weighted by molar-refractivity contribution is -0.157. The molecule has 0 radical (unpaired) electrons. The fourth-order valence-corrected chi connectivity index (χ4v) is 2.54. The molecular formula is C16H17F3N2O5. The summed E-state index contributed by atoms with van der Waals surface area (Å²) in [5.41, 5.74) is 0.623. The average Bonchev–Trinajstić information content (AvgIpc) is 2.90. The lowest BCUT2D eigenvalue weighted by Crippen LogP contribution is -2.37. The number of nitrogens with zero attached hydrogens (tertiary/aromatic N) is 1. The first-order valence-electron chi connectivity index (χ1n) is 7.70. The van der Waals surface area contributed by atoms with Crippen molar-refractivity contribution in [3.8, 4) is 5.75 Å². The number of alkyl halides is 3. The van der Waals surface area contributed by atoms with Crippen molar-refractivity contribution in [1.29, 1.82) is 0 Å². The molecule has 2 rings (SSSR count). The van der Waals surface area contributed by atoms with E-state index in [0.717, 1.165) is 0 Å². The Bertz CT molecular complexity index is 693. The van der Waals surface area contributed by atoms with Crippen molar-refractivity contribution in [3.05, 3.63) is 29.8 Å². The van der Waals surface area contributed by atoms with Gasteiger partial charge in [0.25, 0.3) is 0 Å². The van der Waals surface area contributed by atoms with Crippen LogP contribution in [0.5, 0.6) is 5.75 Å². The van der Waals surface area contributed by atoms with E-state index in [9.17, 15) is 27.6 Å². The molecule has 0 aromatic heterocycles. The van der Waals surface area contributed by atoms with E-state index in [2.05, 4.69) is 5.32 Å². The predicted molar refractivity (Wildman–Crippen MR) is 82.2 cm³/mol. The zero-order valence-electron chi connectivity index (χ0n) is 13.6. The Kier molecular flexibility index (Phi) is 6.06. The molecule has 0 bridgehead atoms. The Morgan fingerprint density at radius 2 is 2.08 bits per heavy atom. The Morgan fingerprint density at radius 3 is 2.73 bits per heavy atom. The number of hydrogen-bond acceptors (Lipinski definition) is 4. The summed E-state index contributed by atoms with van der Waals surface area (Å²) in [5.74, 6) is -2.87. The van der Waals surface area contributed by atoms with E-state index in [4.69, 9.17) is 9.84 Å². The third-order valence-corrected chi connectivity index (χ3v) is 3.68. The van der Waals surface area contributed by atoms with Gasteiger partial charge >= 0.3 is 12.1 Å². The van der Waals surface area contributed by atoms with Crippen LogP contribution in [0.4, 0.5) is 13.2 Å². The maximum Gasteiger partial charge on any atom is 0.406 e. The van der Waals surface area contributed by atoms with Crippen molar-refractivity contribution in [2.45, 2.75) is 19.1 Å². The zero-order valence-corrected chi connectivity index (χ0v) is 13.6. The second kappa shape index (κ2) is 8.07. The first kappa shape index (κ1) is 19.5. The summed E-state index contributed by atoms with van der Waals surface area (Å²) in [5, 5.41) is 11.1. The standard InChI is InChI=1S/C16H17F3N2O5/c17-16(18,19)9-21-7-11(5-13(21)22)15(25)20-6-10-2-1-3-12(4-10)26-8-14(23)24/h1-4,11H,5-9H2,(H,20,25)(H,23,24)/t11-/m1/s1. The van der Waals surface area contributed by atoms with Crippen LogP contribution >= 0.6 is 0 Å². The van der Waals surface area contributed by atoms with E-state index in [1.807, 2.05) is 0 Å². The highest BCUT2D eigenvalue weighted by Crippen LogP contribution is 2.24. The topological polar surface area (TPSA) is 95.9 Å². The van der Waals surface area contributed by atoms with E-state index in [1.54, 1.807) is 24.3 Å². The van der Waals surface area contributed by atoms with Crippen LogP contribution in [0.15, 0.2) is 24.3 Å². The maximum absolute atomic E-state index is 12.4. The second-order valence-electron chi connectivity index (χ2n) is 5.84. The van der Waals surface area contributed by atoms with Crippen LogP contribution in [-0.2, 0) is 20.9 Å². The van der Waals surface area contributed by atoms with Gasteiger partial charge in [-0.05, 0) is 17.7 Å². The van der Waals surface area contributed by atoms with Crippen LogP contribution in [0.2, 0.25) is 0 Å². The van der Waals surface area contributed by atoms with Crippen LogP contribution in [-0.4, -0.2) is 53.7 Å². The lowest BCUT2D eigenvalue weighted by atomic mass is 10.1. The molecule has 2 N–H and O–H groups in total. The highest BCUT2D eigenvalue weighted by atomic mass is 19.4. The van der Waals surface area contributed by atoms with E-state index in [0.29, 0.717) is 16.2 Å². The number of rotatable bonds is 7. The smallest absolute Gasteiger partial charge is 0.406 e. The molecule has 142 valence electrons. The third kappa shape index (κ3) is 5.94. The van der Waals surface area contributed by atoms with Gasteiger partial charge in [-0.3, -0.25) is 9.59 Å². The Hall–Kier alpha value is -2.78. The van der Waals surface area contributed by atoms with Gasteiger partial charge < -0.3 is 20.1 Å². The number of benzene rings is 1. The zero-order chi connectivity index (χ0) is 19.3. The Labute approximate surface area is 146 Å². The van der Waals surface area contributed by atoms with Gasteiger partial charge in [0.1, 0.15) is 12.3 Å². The normalized spacial score (nSPS) is 17.3.